The zero-order valence-corrected chi connectivity index (χ0v) is 11.1. The topological polar surface area (TPSA) is 41.1 Å². The maximum Gasteiger partial charge on any atom is 0.233 e. The van der Waals surface area contributed by atoms with E-state index in [1.165, 1.54) is 16.7 Å². The van der Waals surface area contributed by atoms with E-state index in [1.54, 1.807) is 0 Å². The number of likely N-dealkylation sites (N-methyl/N-ethyl adjacent to an activating group) is 1. The van der Waals surface area contributed by atoms with E-state index in [4.69, 9.17) is 0 Å². The summed E-state index contributed by atoms with van der Waals surface area (Å²) in [6, 6.07) is 6.65. The van der Waals surface area contributed by atoms with Crippen LogP contribution >= 0.6 is 0 Å². The fraction of sp³-hybridized carbons (Fsp3) is 0.500. The number of hydrogen-bond donors (Lipinski definition) is 2. The van der Waals surface area contributed by atoms with Crippen molar-refractivity contribution in [1.82, 2.24) is 10.6 Å². The summed E-state index contributed by atoms with van der Waals surface area (Å²) in [7, 11) is 0. The van der Waals surface area contributed by atoms with Gasteiger partial charge in [-0.3, -0.25) is 4.79 Å². The summed E-state index contributed by atoms with van der Waals surface area (Å²) in [6.07, 6.45) is 0. The fourth-order valence-corrected chi connectivity index (χ4v) is 1.88. The van der Waals surface area contributed by atoms with Gasteiger partial charge in [0.2, 0.25) is 5.91 Å². The highest BCUT2D eigenvalue weighted by atomic mass is 16.1. The molecular formula is C14H22N2O. The third-order valence-electron chi connectivity index (χ3n) is 2.69. The van der Waals surface area contributed by atoms with E-state index in [2.05, 4.69) is 49.6 Å². The lowest BCUT2D eigenvalue weighted by Gasteiger charge is -2.15. The van der Waals surface area contributed by atoms with Crippen molar-refractivity contribution in [3.05, 3.63) is 34.9 Å². The van der Waals surface area contributed by atoms with Crippen molar-refractivity contribution in [1.29, 1.82) is 0 Å². The minimum atomic E-state index is 0.0451. The molecule has 1 atom stereocenters. The Kier molecular flexibility index (Phi) is 5.16. The summed E-state index contributed by atoms with van der Waals surface area (Å²) in [5.41, 5.74) is 3.74. The summed E-state index contributed by atoms with van der Waals surface area (Å²) < 4.78 is 0. The minimum absolute atomic E-state index is 0.0451. The molecule has 1 aromatic rings. The lowest BCUT2D eigenvalue weighted by molar-refractivity contribution is -0.120. The Morgan fingerprint density at radius 2 is 1.82 bits per heavy atom. The first-order chi connectivity index (χ1) is 8.02. The number of carbonyl (C=O) groups is 1. The van der Waals surface area contributed by atoms with Crippen molar-refractivity contribution in [2.24, 2.45) is 0 Å². The molecule has 0 heterocycles. The van der Waals surface area contributed by atoms with E-state index in [0.29, 0.717) is 13.1 Å². The van der Waals surface area contributed by atoms with Gasteiger partial charge in [0.05, 0.1) is 6.54 Å². The molecule has 0 aromatic heterocycles. The van der Waals surface area contributed by atoms with Crippen molar-refractivity contribution >= 4 is 5.91 Å². The standard InChI is InChI=1S/C14H22N2O/c1-5-15-14(17)9-16-12(4)13-7-10(2)6-11(3)8-13/h6-8,12,16H,5,9H2,1-4H3,(H,15,17). The van der Waals surface area contributed by atoms with E-state index >= 15 is 0 Å². The van der Waals surface area contributed by atoms with Gasteiger partial charge in [-0.05, 0) is 33.3 Å². The predicted octanol–water partition coefficient (Wildman–Crippen LogP) is 2.09. The van der Waals surface area contributed by atoms with Crippen LogP contribution in [0.15, 0.2) is 18.2 Å². The van der Waals surface area contributed by atoms with Crippen molar-refractivity contribution < 1.29 is 4.79 Å². The third kappa shape index (κ3) is 4.57. The molecule has 1 unspecified atom stereocenters. The summed E-state index contributed by atoms with van der Waals surface area (Å²) in [5.74, 6) is 0.0451. The van der Waals surface area contributed by atoms with Gasteiger partial charge in [0, 0.05) is 12.6 Å². The van der Waals surface area contributed by atoms with Crippen LogP contribution in [0.1, 0.15) is 36.6 Å². The molecule has 3 nitrogen and oxygen atoms in total. The molecule has 0 bridgehead atoms. The zero-order valence-electron chi connectivity index (χ0n) is 11.1. The van der Waals surface area contributed by atoms with Gasteiger partial charge in [-0.2, -0.15) is 0 Å². The molecule has 0 fully saturated rings. The molecule has 94 valence electrons. The van der Waals surface area contributed by atoms with Gasteiger partial charge >= 0.3 is 0 Å². The average Bonchev–Trinajstić information content (AvgIpc) is 2.25. The van der Waals surface area contributed by atoms with Crippen LogP contribution < -0.4 is 10.6 Å². The quantitative estimate of drug-likeness (QED) is 0.819. The Labute approximate surface area is 104 Å². The molecular weight excluding hydrogens is 212 g/mol. The van der Waals surface area contributed by atoms with E-state index in [0.717, 1.165) is 0 Å². The van der Waals surface area contributed by atoms with Gasteiger partial charge in [0.1, 0.15) is 0 Å². The van der Waals surface area contributed by atoms with E-state index in [1.807, 2.05) is 6.92 Å². The molecule has 0 radical (unpaired) electrons. The second-order valence-corrected chi connectivity index (χ2v) is 4.48. The summed E-state index contributed by atoms with van der Waals surface area (Å²) >= 11 is 0. The van der Waals surface area contributed by atoms with E-state index in [-0.39, 0.29) is 11.9 Å². The van der Waals surface area contributed by atoms with Crippen molar-refractivity contribution in [3.8, 4) is 0 Å². The Morgan fingerprint density at radius 1 is 1.24 bits per heavy atom. The third-order valence-corrected chi connectivity index (χ3v) is 2.69. The van der Waals surface area contributed by atoms with Crippen LogP contribution in [0.4, 0.5) is 0 Å². The number of hydrogen-bond acceptors (Lipinski definition) is 2. The predicted molar refractivity (Wildman–Crippen MR) is 71.0 cm³/mol. The first-order valence-electron chi connectivity index (χ1n) is 6.11. The molecule has 3 heteroatoms. The summed E-state index contributed by atoms with van der Waals surface area (Å²) in [5, 5.41) is 6.00. The largest absolute Gasteiger partial charge is 0.355 e. The van der Waals surface area contributed by atoms with Crippen molar-refractivity contribution in [2.45, 2.75) is 33.7 Å². The Morgan fingerprint density at radius 3 is 2.35 bits per heavy atom. The smallest absolute Gasteiger partial charge is 0.233 e. The maximum atomic E-state index is 11.3. The van der Waals surface area contributed by atoms with Crippen molar-refractivity contribution in [2.75, 3.05) is 13.1 Å². The molecule has 0 spiro atoms. The van der Waals surface area contributed by atoms with Gasteiger partial charge in [0.25, 0.3) is 0 Å². The van der Waals surface area contributed by atoms with Crippen LogP contribution in [-0.4, -0.2) is 19.0 Å². The molecule has 17 heavy (non-hydrogen) atoms. The highest BCUT2D eigenvalue weighted by Gasteiger charge is 2.07. The highest BCUT2D eigenvalue weighted by molar-refractivity contribution is 5.77. The van der Waals surface area contributed by atoms with E-state index in [9.17, 15) is 4.79 Å². The Balaban J connectivity index is 2.57. The van der Waals surface area contributed by atoms with Crippen LogP contribution in [0.2, 0.25) is 0 Å². The number of carbonyl (C=O) groups excluding carboxylic acids is 1. The van der Waals surface area contributed by atoms with Crippen LogP contribution in [0, 0.1) is 13.8 Å². The van der Waals surface area contributed by atoms with Gasteiger partial charge in [-0.15, -0.1) is 0 Å². The number of rotatable bonds is 5. The number of benzene rings is 1. The number of nitrogens with one attached hydrogen (secondary N) is 2. The lowest BCUT2D eigenvalue weighted by Crippen LogP contribution is -2.34. The van der Waals surface area contributed by atoms with Gasteiger partial charge in [-0.25, -0.2) is 0 Å². The molecule has 1 amide bonds. The molecule has 1 aromatic carbocycles. The zero-order chi connectivity index (χ0) is 12.8. The minimum Gasteiger partial charge on any atom is -0.355 e. The van der Waals surface area contributed by atoms with Crippen LogP contribution in [0.5, 0.6) is 0 Å². The molecule has 0 saturated carbocycles. The fourth-order valence-electron chi connectivity index (χ4n) is 1.88. The van der Waals surface area contributed by atoms with E-state index < -0.39 is 0 Å². The van der Waals surface area contributed by atoms with Gasteiger partial charge in [0.15, 0.2) is 0 Å². The number of amides is 1. The first-order valence-corrected chi connectivity index (χ1v) is 6.11. The molecule has 0 aliphatic carbocycles. The summed E-state index contributed by atoms with van der Waals surface area (Å²) in [4.78, 5) is 11.3. The molecule has 0 aliphatic rings. The Bertz CT molecular complexity index is 368. The maximum absolute atomic E-state index is 11.3. The average molecular weight is 234 g/mol. The lowest BCUT2D eigenvalue weighted by atomic mass is 10.0. The second-order valence-electron chi connectivity index (χ2n) is 4.48. The Hall–Kier alpha value is -1.35. The highest BCUT2D eigenvalue weighted by Crippen LogP contribution is 2.16. The molecule has 0 aliphatic heterocycles. The molecule has 1 rings (SSSR count). The monoisotopic (exact) mass is 234 g/mol. The van der Waals surface area contributed by atoms with Crippen molar-refractivity contribution in [3.63, 3.8) is 0 Å². The first kappa shape index (κ1) is 13.7. The van der Waals surface area contributed by atoms with Crippen LogP contribution in [-0.2, 0) is 4.79 Å². The number of aryl methyl sites for hydroxylation is 2. The second kappa shape index (κ2) is 6.40. The normalized spacial score (nSPS) is 12.2. The summed E-state index contributed by atoms with van der Waals surface area (Å²) in [6.45, 7) is 9.22. The van der Waals surface area contributed by atoms with Gasteiger partial charge < -0.3 is 10.6 Å². The SMILES string of the molecule is CCNC(=O)CNC(C)c1cc(C)cc(C)c1. The van der Waals surface area contributed by atoms with Gasteiger partial charge in [-0.1, -0.05) is 29.3 Å². The van der Waals surface area contributed by atoms with Crippen LogP contribution in [0.25, 0.3) is 0 Å². The molecule has 2 N–H and O–H groups in total. The van der Waals surface area contributed by atoms with Crippen LogP contribution in [0.3, 0.4) is 0 Å². The molecule has 0 saturated heterocycles.